The average Bonchev–Trinajstić information content (AvgIpc) is 2.85. The molecule has 32 heavy (non-hydrogen) atoms. The molecule has 0 aliphatic carbocycles. The molecule has 2 amide bonds. The van der Waals surface area contributed by atoms with E-state index in [-0.39, 0.29) is 13.2 Å². The normalized spacial score (nSPS) is 10.4. The molecule has 0 aliphatic heterocycles. The van der Waals surface area contributed by atoms with Crippen molar-refractivity contribution in [2.24, 2.45) is 0 Å². The number of fused-ring (bicyclic) bond motifs is 1. The molecular formula is C26H22N2O4. The van der Waals surface area contributed by atoms with E-state index in [1.165, 1.54) is 0 Å². The smallest absolute Gasteiger partial charge is 0.276 e. The van der Waals surface area contributed by atoms with E-state index in [1.807, 2.05) is 84.9 Å². The first kappa shape index (κ1) is 20.9. The summed E-state index contributed by atoms with van der Waals surface area (Å²) in [6.45, 7) is -0.466. The zero-order chi connectivity index (χ0) is 22.2. The van der Waals surface area contributed by atoms with Crippen molar-refractivity contribution in [3.63, 3.8) is 0 Å². The Labute approximate surface area is 185 Å². The third-order valence-electron chi connectivity index (χ3n) is 4.76. The topological polar surface area (TPSA) is 76.7 Å². The van der Waals surface area contributed by atoms with Gasteiger partial charge >= 0.3 is 0 Å². The number of benzene rings is 4. The molecule has 0 fully saturated rings. The van der Waals surface area contributed by atoms with Gasteiger partial charge in [0.1, 0.15) is 11.5 Å². The summed E-state index contributed by atoms with van der Waals surface area (Å²) in [5, 5.41) is 2.11. The molecule has 0 unspecified atom stereocenters. The fourth-order valence-electron chi connectivity index (χ4n) is 3.21. The van der Waals surface area contributed by atoms with Gasteiger partial charge in [0.25, 0.3) is 11.8 Å². The Morgan fingerprint density at radius 2 is 1.25 bits per heavy atom. The highest BCUT2D eigenvalue weighted by Gasteiger charge is 2.10. The fourth-order valence-corrected chi connectivity index (χ4v) is 3.21. The van der Waals surface area contributed by atoms with Gasteiger partial charge in [0, 0.05) is 5.56 Å². The Balaban J connectivity index is 1.24. The monoisotopic (exact) mass is 426 g/mol. The van der Waals surface area contributed by atoms with Crippen LogP contribution in [0.5, 0.6) is 11.5 Å². The average molecular weight is 426 g/mol. The van der Waals surface area contributed by atoms with Crippen LogP contribution in [0, 0.1) is 0 Å². The number of nitrogens with one attached hydrogen (secondary N) is 2. The molecule has 0 saturated heterocycles. The standard InChI is InChI=1S/C26H22N2O4/c29-25(17-31-22-15-14-19-8-4-5-11-21(19)16-22)27-28-26(30)18-32-24-13-7-6-12-23(24)20-9-2-1-3-10-20/h1-16H,17-18H2,(H,27,29)(H,28,30). The minimum absolute atomic E-state index is 0.226. The zero-order valence-corrected chi connectivity index (χ0v) is 17.3. The number of hydrazine groups is 1. The number of carbonyl (C=O) groups is 2. The maximum Gasteiger partial charge on any atom is 0.276 e. The van der Waals surface area contributed by atoms with Crippen molar-refractivity contribution in [3.8, 4) is 22.6 Å². The van der Waals surface area contributed by atoms with Crippen molar-refractivity contribution >= 4 is 22.6 Å². The summed E-state index contributed by atoms with van der Waals surface area (Å²) < 4.78 is 11.2. The summed E-state index contributed by atoms with van der Waals surface area (Å²) in [7, 11) is 0. The predicted molar refractivity (Wildman–Crippen MR) is 123 cm³/mol. The van der Waals surface area contributed by atoms with Crippen LogP contribution in [-0.2, 0) is 9.59 Å². The Morgan fingerprint density at radius 3 is 2.03 bits per heavy atom. The molecule has 160 valence electrons. The molecule has 2 N–H and O–H groups in total. The first-order valence-corrected chi connectivity index (χ1v) is 10.2. The van der Waals surface area contributed by atoms with Crippen LogP contribution in [0.25, 0.3) is 21.9 Å². The second kappa shape index (κ2) is 10.1. The maximum absolute atomic E-state index is 12.1. The van der Waals surface area contributed by atoms with E-state index in [2.05, 4.69) is 10.9 Å². The SMILES string of the molecule is O=C(COc1ccc2ccccc2c1)NNC(=O)COc1ccccc1-c1ccccc1. The minimum atomic E-state index is -0.480. The van der Waals surface area contributed by atoms with Gasteiger partial charge in [-0.25, -0.2) is 0 Å². The van der Waals surface area contributed by atoms with Gasteiger partial charge in [0.05, 0.1) is 0 Å². The van der Waals surface area contributed by atoms with E-state index in [9.17, 15) is 9.59 Å². The fraction of sp³-hybridized carbons (Fsp3) is 0.0769. The van der Waals surface area contributed by atoms with Crippen LogP contribution in [0.4, 0.5) is 0 Å². The van der Waals surface area contributed by atoms with Gasteiger partial charge in [-0.1, -0.05) is 78.9 Å². The molecule has 0 saturated carbocycles. The largest absolute Gasteiger partial charge is 0.484 e. The van der Waals surface area contributed by atoms with Gasteiger partial charge in [-0.2, -0.15) is 0 Å². The van der Waals surface area contributed by atoms with E-state index < -0.39 is 11.8 Å². The summed E-state index contributed by atoms with van der Waals surface area (Å²) >= 11 is 0. The first-order chi connectivity index (χ1) is 15.7. The van der Waals surface area contributed by atoms with Gasteiger partial charge in [0.2, 0.25) is 0 Å². The van der Waals surface area contributed by atoms with Gasteiger partial charge in [0.15, 0.2) is 13.2 Å². The van der Waals surface area contributed by atoms with Crippen molar-refractivity contribution in [1.29, 1.82) is 0 Å². The molecule has 6 heteroatoms. The molecule has 0 radical (unpaired) electrons. The van der Waals surface area contributed by atoms with E-state index in [0.29, 0.717) is 11.5 Å². The summed E-state index contributed by atoms with van der Waals surface area (Å²) in [6, 6.07) is 30.7. The third-order valence-corrected chi connectivity index (χ3v) is 4.76. The number of para-hydroxylation sites is 1. The van der Waals surface area contributed by atoms with Crippen LogP contribution in [0.2, 0.25) is 0 Å². The lowest BCUT2D eigenvalue weighted by molar-refractivity contribution is -0.130. The lowest BCUT2D eigenvalue weighted by Crippen LogP contribution is -2.45. The predicted octanol–water partition coefficient (Wildman–Crippen LogP) is 4.11. The number of carbonyl (C=O) groups excluding carboxylic acids is 2. The number of amides is 2. The molecule has 0 spiro atoms. The lowest BCUT2D eigenvalue weighted by atomic mass is 10.1. The van der Waals surface area contributed by atoms with Crippen molar-refractivity contribution in [3.05, 3.63) is 97.1 Å². The van der Waals surface area contributed by atoms with Crippen molar-refractivity contribution in [2.75, 3.05) is 13.2 Å². The number of rotatable bonds is 7. The third kappa shape index (κ3) is 5.43. The van der Waals surface area contributed by atoms with Crippen molar-refractivity contribution in [2.45, 2.75) is 0 Å². The molecule has 0 aromatic heterocycles. The second-order valence-corrected chi connectivity index (χ2v) is 7.04. The number of hydrogen-bond donors (Lipinski definition) is 2. The molecule has 0 aliphatic rings. The van der Waals surface area contributed by atoms with E-state index in [0.717, 1.165) is 21.9 Å². The van der Waals surface area contributed by atoms with Gasteiger partial charge in [-0.05, 0) is 34.5 Å². The minimum Gasteiger partial charge on any atom is -0.484 e. The van der Waals surface area contributed by atoms with Gasteiger partial charge in [-0.15, -0.1) is 0 Å². The molecule has 0 atom stereocenters. The Kier molecular flexibility index (Phi) is 6.63. The van der Waals surface area contributed by atoms with Gasteiger partial charge in [-0.3, -0.25) is 20.4 Å². The maximum atomic E-state index is 12.1. The summed E-state index contributed by atoms with van der Waals surface area (Å²) in [4.78, 5) is 24.1. The Bertz CT molecular complexity index is 1220. The second-order valence-electron chi connectivity index (χ2n) is 7.04. The van der Waals surface area contributed by atoms with Crippen LogP contribution >= 0.6 is 0 Å². The van der Waals surface area contributed by atoms with Crippen LogP contribution in [0.3, 0.4) is 0 Å². The van der Waals surface area contributed by atoms with E-state index in [4.69, 9.17) is 9.47 Å². The quantitative estimate of drug-likeness (QED) is 0.436. The van der Waals surface area contributed by atoms with Crippen LogP contribution < -0.4 is 20.3 Å². The highest BCUT2D eigenvalue weighted by Crippen LogP contribution is 2.29. The number of hydrogen-bond acceptors (Lipinski definition) is 4. The number of ether oxygens (including phenoxy) is 2. The molecular weight excluding hydrogens is 404 g/mol. The molecule has 6 nitrogen and oxygen atoms in total. The molecule has 4 rings (SSSR count). The Hall–Kier alpha value is -4.32. The zero-order valence-electron chi connectivity index (χ0n) is 17.3. The summed E-state index contributed by atoms with van der Waals surface area (Å²) in [6.07, 6.45) is 0. The highest BCUT2D eigenvalue weighted by atomic mass is 16.5. The van der Waals surface area contributed by atoms with Crippen molar-refractivity contribution in [1.82, 2.24) is 10.9 Å². The molecule has 4 aromatic carbocycles. The summed E-state index contributed by atoms with van der Waals surface area (Å²) in [5.41, 5.74) is 6.53. The lowest BCUT2D eigenvalue weighted by Gasteiger charge is -2.12. The summed E-state index contributed by atoms with van der Waals surface area (Å²) in [5.74, 6) is 0.203. The van der Waals surface area contributed by atoms with Crippen molar-refractivity contribution < 1.29 is 19.1 Å². The van der Waals surface area contributed by atoms with Crippen LogP contribution in [-0.4, -0.2) is 25.0 Å². The first-order valence-electron chi connectivity index (χ1n) is 10.2. The van der Waals surface area contributed by atoms with Crippen LogP contribution in [0.1, 0.15) is 0 Å². The Morgan fingerprint density at radius 1 is 0.625 bits per heavy atom. The molecule has 0 heterocycles. The van der Waals surface area contributed by atoms with E-state index >= 15 is 0 Å². The van der Waals surface area contributed by atoms with Gasteiger partial charge < -0.3 is 9.47 Å². The highest BCUT2D eigenvalue weighted by molar-refractivity contribution is 5.85. The molecule has 0 bridgehead atoms. The van der Waals surface area contributed by atoms with E-state index in [1.54, 1.807) is 12.1 Å². The molecule has 4 aromatic rings. The van der Waals surface area contributed by atoms with Crippen LogP contribution in [0.15, 0.2) is 97.1 Å².